The van der Waals surface area contributed by atoms with E-state index < -0.39 is 5.60 Å². The van der Waals surface area contributed by atoms with Gasteiger partial charge in [-0.15, -0.1) is 0 Å². The lowest BCUT2D eigenvalue weighted by Gasteiger charge is -2.24. The molecule has 2 rings (SSSR count). The molecule has 0 radical (unpaired) electrons. The van der Waals surface area contributed by atoms with Gasteiger partial charge in [0.1, 0.15) is 11.4 Å². The molecular weight excluding hydrogens is 179 g/mol. The monoisotopic (exact) mass is 192 g/mol. The average molecular weight is 192 g/mol. The van der Waals surface area contributed by atoms with Gasteiger partial charge in [0.2, 0.25) is 0 Å². The largest absolute Gasteiger partial charge is 0.381 e. The topological polar surface area (TPSA) is 20.2 Å². The van der Waals surface area contributed by atoms with Crippen molar-refractivity contribution in [1.29, 1.82) is 0 Å². The van der Waals surface area contributed by atoms with Gasteiger partial charge < -0.3 is 5.11 Å². The van der Waals surface area contributed by atoms with Crippen LogP contribution in [0.3, 0.4) is 0 Å². The summed E-state index contributed by atoms with van der Waals surface area (Å²) in [5, 5.41) is 10.3. The van der Waals surface area contributed by atoms with E-state index in [1.54, 1.807) is 19.1 Å². The van der Waals surface area contributed by atoms with E-state index in [9.17, 15) is 9.50 Å². The molecule has 1 N–H and O–H groups in total. The van der Waals surface area contributed by atoms with Crippen LogP contribution in [-0.4, -0.2) is 5.11 Å². The Morgan fingerprint density at radius 3 is 2.93 bits per heavy atom. The zero-order valence-electron chi connectivity index (χ0n) is 8.18. The molecule has 0 spiro atoms. The van der Waals surface area contributed by atoms with Crippen molar-refractivity contribution in [2.24, 2.45) is 0 Å². The van der Waals surface area contributed by atoms with E-state index in [0.717, 1.165) is 0 Å². The van der Waals surface area contributed by atoms with Crippen LogP contribution in [0, 0.1) is 5.82 Å². The van der Waals surface area contributed by atoms with Crippen molar-refractivity contribution in [3.05, 3.63) is 47.3 Å². The van der Waals surface area contributed by atoms with Crippen LogP contribution in [0.1, 0.15) is 24.5 Å². The maximum Gasteiger partial charge on any atom is 0.126 e. The van der Waals surface area contributed by atoms with Crippen LogP contribution >= 0.6 is 0 Å². The van der Waals surface area contributed by atoms with E-state index >= 15 is 0 Å². The van der Waals surface area contributed by atoms with Gasteiger partial charge in [-0.05, 0) is 42.5 Å². The maximum absolute atomic E-state index is 13.4. The molecule has 0 fully saturated rings. The molecule has 1 aliphatic carbocycles. The second kappa shape index (κ2) is 2.92. The Balaban J connectivity index is 2.60. The first-order chi connectivity index (χ1) is 6.55. The van der Waals surface area contributed by atoms with Crippen molar-refractivity contribution in [1.82, 2.24) is 0 Å². The maximum atomic E-state index is 13.4. The molecule has 0 saturated heterocycles. The van der Waals surface area contributed by atoms with Gasteiger partial charge in [-0.1, -0.05) is 18.7 Å². The van der Waals surface area contributed by atoms with Crippen LogP contribution < -0.4 is 0 Å². The molecule has 0 amide bonds. The standard InChI is InChI=1S/C12H13FO/c1-8(2)12(14)7-6-9-10(12)4-3-5-11(9)13/h3-5,14H,1,6-7H2,2H3. The van der Waals surface area contributed by atoms with E-state index in [2.05, 4.69) is 6.58 Å². The highest BCUT2D eigenvalue weighted by molar-refractivity contribution is 5.43. The molecule has 74 valence electrons. The number of fused-ring (bicyclic) bond motifs is 1. The lowest BCUT2D eigenvalue weighted by Crippen LogP contribution is -2.23. The summed E-state index contributed by atoms with van der Waals surface area (Å²) in [7, 11) is 0. The molecule has 1 unspecified atom stereocenters. The van der Waals surface area contributed by atoms with Crippen molar-refractivity contribution >= 4 is 0 Å². The lowest BCUT2D eigenvalue weighted by molar-refractivity contribution is 0.0789. The predicted octanol–water partition coefficient (Wildman–Crippen LogP) is 2.54. The molecule has 0 bridgehead atoms. The summed E-state index contributed by atoms with van der Waals surface area (Å²) in [4.78, 5) is 0. The summed E-state index contributed by atoms with van der Waals surface area (Å²) in [6.45, 7) is 5.54. The van der Waals surface area contributed by atoms with Gasteiger partial charge in [0.25, 0.3) is 0 Å². The molecule has 1 nitrogen and oxygen atoms in total. The fraction of sp³-hybridized carbons (Fsp3) is 0.333. The Morgan fingerprint density at radius 2 is 2.29 bits per heavy atom. The number of hydrogen-bond acceptors (Lipinski definition) is 1. The van der Waals surface area contributed by atoms with Crippen molar-refractivity contribution in [3.63, 3.8) is 0 Å². The summed E-state index contributed by atoms with van der Waals surface area (Å²) in [6, 6.07) is 4.84. The SMILES string of the molecule is C=C(C)C1(O)CCc2c(F)cccc21. The smallest absolute Gasteiger partial charge is 0.126 e. The first-order valence-electron chi connectivity index (χ1n) is 4.72. The third kappa shape index (κ3) is 1.11. The molecule has 1 atom stereocenters. The van der Waals surface area contributed by atoms with Crippen LogP contribution in [0.4, 0.5) is 4.39 Å². The van der Waals surface area contributed by atoms with Crippen LogP contribution in [0.25, 0.3) is 0 Å². The fourth-order valence-corrected chi connectivity index (χ4v) is 2.08. The zero-order chi connectivity index (χ0) is 10.3. The number of halogens is 1. The van der Waals surface area contributed by atoms with Crippen molar-refractivity contribution in [2.45, 2.75) is 25.4 Å². The third-order valence-corrected chi connectivity index (χ3v) is 3.01. The molecule has 0 aliphatic heterocycles. The number of aliphatic hydroxyl groups is 1. The molecule has 1 aromatic carbocycles. The number of benzene rings is 1. The van der Waals surface area contributed by atoms with Crippen LogP contribution in [0.5, 0.6) is 0 Å². The summed E-state index contributed by atoms with van der Waals surface area (Å²) < 4.78 is 13.4. The molecule has 1 aliphatic rings. The molecule has 1 aromatic rings. The number of rotatable bonds is 1. The summed E-state index contributed by atoms with van der Waals surface area (Å²) in [5.74, 6) is -0.223. The van der Waals surface area contributed by atoms with Crippen molar-refractivity contribution in [2.75, 3.05) is 0 Å². The summed E-state index contributed by atoms with van der Waals surface area (Å²) in [5.41, 5.74) is 0.988. The van der Waals surface area contributed by atoms with Crippen LogP contribution in [-0.2, 0) is 12.0 Å². The molecule has 2 heteroatoms. The summed E-state index contributed by atoms with van der Waals surface area (Å²) in [6.07, 6.45) is 1.13. The highest BCUT2D eigenvalue weighted by Crippen LogP contribution is 2.41. The first kappa shape index (κ1) is 9.41. The van der Waals surface area contributed by atoms with E-state index in [-0.39, 0.29) is 5.82 Å². The first-order valence-corrected chi connectivity index (χ1v) is 4.72. The Kier molecular flexibility index (Phi) is 1.96. The molecule has 0 saturated carbocycles. The van der Waals surface area contributed by atoms with Crippen LogP contribution in [0.15, 0.2) is 30.4 Å². The summed E-state index contributed by atoms with van der Waals surface area (Å²) >= 11 is 0. The predicted molar refractivity (Wildman–Crippen MR) is 53.4 cm³/mol. The Bertz CT molecular complexity index is 397. The Labute approximate surface area is 82.9 Å². The van der Waals surface area contributed by atoms with E-state index in [0.29, 0.717) is 29.5 Å². The van der Waals surface area contributed by atoms with E-state index in [4.69, 9.17) is 0 Å². The fourth-order valence-electron chi connectivity index (χ4n) is 2.08. The van der Waals surface area contributed by atoms with E-state index in [1.807, 2.05) is 0 Å². The molecular formula is C12H13FO. The van der Waals surface area contributed by atoms with Gasteiger partial charge in [-0.2, -0.15) is 0 Å². The van der Waals surface area contributed by atoms with Gasteiger partial charge >= 0.3 is 0 Å². The minimum Gasteiger partial charge on any atom is -0.381 e. The van der Waals surface area contributed by atoms with Gasteiger partial charge in [0.15, 0.2) is 0 Å². The molecule has 0 heterocycles. The van der Waals surface area contributed by atoms with Crippen LogP contribution in [0.2, 0.25) is 0 Å². The minimum atomic E-state index is -1.02. The second-order valence-electron chi connectivity index (χ2n) is 3.91. The average Bonchev–Trinajstić information content (AvgIpc) is 2.47. The van der Waals surface area contributed by atoms with Crippen molar-refractivity contribution in [3.8, 4) is 0 Å². The normalized spacial score (nSPS) is 24.8. The third-order valence-electron chi connectivity index (χ3n) is 3.01. The van der Waals surface area contributed by atoms with Gasteiger partial charge in [0.05, 0.1) is 0 Å². The Hall–Kier alpha value is -1.15. The van der Waals surface area contributed by atoms with Gasteiger partial charge in [-0.3, -0.25) is 0 Å². The second-order valence-corrected chi connectivity index (χ2v) is 3.91. The highest BCUT2D eigenvalue weighted by atomic mass is 19.1. The zero-order valence-corrected chi connectivity index (χ0v) is 8.18. The van der Waals surface area contributed by atoms with E-state index in [1.165, 1.54) is 6.07 Å². The quantitative estimate of drug-likeness (QED) is 0.678. The number of hydrogen-bond donors (Lipinski definition) is 1. The lowest BCUT2D eigenvalue weighted by atomic mass is 9.89. The Morgan fingerprint density at radius 1 is 1.57 bits per heavy atom. The highest BCUT2D eigenvalue weighted by Gasteiger charge is 2.38. The minimum absolute atomic E-state index is 0.223. The molecule has 0 aromatic heterocycles. The van der Waals surface area contributed by atoms with Gasteiger partial charge in [-0.25, -0.2) is 4.39 Å². The van der Waals surface area contributed by atoms with Crippen molar-refractivity contribution < 1.29 is 9.50 Å². The molecule has 14 heavy (non-hydrogen) atoms. The van der Waals surface area contributed by atoms with Gasteiger partial charge in [0, 0.05) is 0 Å².